The van der Waals surface area contributed by atoms with Crippen molar-refractivity contribution in [1.29, 1.82) is 0 Å². The molecule has 9 rings (SSSR count). The summed E-state index contributed by atoms with van der Waals surface area (Å²) in [6.45, 7) is 26.4. The van der Waals surface area contributed by atoms with E-state index in [1.165, 1.54) is 49.7 Å². The van der Waals surface area contributed by atoms with Crippen LogP contribution in [0.25, 0.3) is 77.8 Å². The van der Waals surface area contributed by atoms with Crippen molar-refractivity contribution in [2.24, 2.45) is 0 Å². The molecule has 0 aliphatic carbocycles. The fourth-order valence-electron chi connectivity index (χ4n) is 8.69. The van der Waals surface area contributed by atoms with Crippen LogP contribution in [0.4, 0.5) is 0 Å². The predicted molar refractivity (Wildman–Crippen MR) is 263 cm³/mol. The van der Waals surface area contributed by atoms with Crippen LogP contribution in [0.15, 0.2) is 144 Å². The Hall–Kier alpha value is -6.30. The Kier molecular flexibility index (Phi) is 12.7. The number of pyridine rings is 3. The van der Waals surface area contributed by atoms with Crippen molar-refractivity contribution < 1.29 is 33.7 Å². The van der Waals surface area contributed by atoms with E-state index in [1.54, 1.807) is 0 Å². The van der Waals surface area contributed by atoms with E-state index < -0.39 is 8.07 Å². The number of fused-ring (bicyclic) bond motifs is 3. The maximum absolute atomic E-state index is 6.31. The Balaban J connectivity index is 0.000000196. The zero-order chi connectivity index (χ0) is 44.0. The van der Waals surface area contributed by atoms with Gasteiger partial charge in [0.25, 0.3) is 0 Å². The van der Waals surface area contributed by atoms with Gasteiger partial charge in [0.2, 0.25) is 0 Å². The average molecular weight is 1020 g/mol. The number of benzene rings is 5. The third-order valence-corrected chi connectivity index (χ3v) is 14.1. The number of rotatable bonds is 6. The van der Waals surface area contributed by atoms with Crippen molar-refractivity contribution in [3.8, 4) is 55.9 Å². The largest absolute Gasteiger partial charge is 0.469 e. The molecule has 0 bridgehead atoms. The molecule has 63 heavy (non-hydrogen) atoms. The van der Waals surface area contributed by atoms with Crippen LogP contribution in [-0.4, -0.2) is 13.1 Å². The van der Waals surface area contributed by atoms with E-state index in [9.17, 15) is 0 Å². The minimum Gasteiger partial charge on any atom is -0.469 e. The maximum atomic E-state index is 6.31. The number of aryl methyl sites for hydroxylation is 5. The van der Waals surface area contributed by atoms with Crippen molar-refractivity contribution in [3.05, 3.63) is 207 Å². The zero-order valence-electron chi connectivity index (χ0n) is 37.7. The summed E-state index contributed by atoms with van der Waals surface area (Å²) in [6, 6.07) is 42.6. The van der Waals surface area contributed by atoms with Gasteiger partial charge in [-0.05, 0) is 86.2 Å². The third kappa shape index (κ3) is 8.98. The van der Waals surface area contributed by atoms with Gasteiger partial charge in [-0.3, -0.25) is 4.98 Å². The van der Waals surface area contributed by atoms with Gasteiger partial charge in [0.05, 0.1) is 37.4 Å². The van der Waals surface area contributed by atoms with Gasteiger partial charge in [-0.1, -0.05) is 126 Å². The second-order valence-electron chi connectivity index (χ2n) is 17.7. The van der Waals surface area contributed by atoms with E-state index in [0.29, 0.717) is 0 Å². The monoisotopic (exact) mass is 1020 g/mol. The standard InChI is InChI=1S/C33H27N2O.C24H28NSi.Ir/c1-20-13-31(35(5)19-30(20)24-9-7-6-8-10-24)28-17-29-26-12-11-25(27-15-23(4)34-18-22(27)3)16-33(26)36-32(29)14-21(28)2;1-17-14-22(18(2)13-21(17)20-11-9-8-10-12-20)23-15-19(3)24(16-25(23)4)26(5,6)7;/h6-19H,2,5H2,1,3-4H3;8-16H,2,4H2,1,3,5-7H3;/q2*-1;. The predicted octanol–water partition coefficient (Wildman–Crippen LogP) is 13.3. The van der Waals surface area contributed by atoms with Crippen molar-refractivity contribution in [3.63, 3.8) is 0 Å². The summed E-state index contributed by atoms with van der Waals surface area (Å²) >= 11 is 0. The number of furan rings is 1. The Labute approximate surface area is 388 Å². The Morgan fingerprint density at radius 3 is 1.68 bits per heavy atom. The summed E-state index contributed by atoms with van der Waals surface area (Å²) in [5, 5.41) is 3.62. The quantitative estimate of drug-likeness (QED) is 0.0945. The van der Waals surface area contributed by atoms with Gasteiger partial charge in [0.15, 0.2) is 0 Å². The van der Waals surface area contributed by atoms with Crippen molar-refractivity contribution in [2.45, 2.75) is 54.3 Å². The first-order valence-corrected chi connectivity index (χ1v) is 24.7. The van der Waals surface area contributed by atoms with Gasteiger partial charge in [-0.15, -0.1) is 29.3 Å². The summed E-state index contributed by atoms with van der Waals surface area (Å²) in [7, 11) is 7.20. The molecule has 0 saturated carbocycles. The van der Waals surface area contributed by atoms with E-state index in [1.807, 2.05) is 40.5 Å². The molecule has 0 aliphatic heterocycles. The minimum absolute atomic E-state index is 0. The van der Waals surface area contributed by atoms with Gasteiger partial charge >= 0.3 is 0 Å². The van der Waals surface area contributed by atoms with Crippen molar-refractivity contribution >= 4 is 35.2 Å². The molecule has 319 valence electrons. The molecular formula is C57H55IrN3OSi-2. The van der Waals surface area contributed by atoms with Gasteiger partial charge in [-0.25, -0.2) is 0 Å². The maximum Gasteiger partial charge on any atom is 0.134 e. The minimum atomic E-state index is -1.39. The summed E-state index contributed by atoms with van der Waals surface area (Å²) in [5.41, 5.74) is 21.1. The number of nitrogens with zero attached hydrogens (tertiary/aromatic N) is 3. The summed E-state index contributed by atoms with van der Waals surface area (Å²) in [6.07, 6.45) is 6.24. The van der Waals surface area contributed by atoms with Gasteiger partial charge in [0, 0.05) is 56.9 Å². The van der Waals surface area contributed by atoms with Crippen LogP contribution < -0.4 is 14.3 Å². The molecule has 0 N–H and O–H groups in total. The Morgan fingerprint density at radius 2 is 1.03 bits per heavy atom. The molecule has 0 amide bonds. The van der Waals surface area contributed by atoms with Gasteiger partial charge in [-0.2, -0.15) is 31.0 Å². The summed E-state index contributed by atoms with van der Waals surface area (Å²) in [4.78, 5) is 4.41. The third-order valence-electron chi connectivity index (χ3n) is 12.0. The Morgan fingerprint density at radius 1 is 0.492 bits per heavy atom. The molecule has 6 heteroatoms. The van der Waals surface area contributed by atoms with E-state index in [-0.39, 0.29) is 20.1 Å². The van der Waals surface area contributed by atoms with Crippen LogP contribution in [0.5, 0.6) is 0 Å². The molecular weight excluding hydrogens is 963 g/mol. The average Bonchev–Trinajstić information content (AvgIpc) is 3.60. The second kappa shape index (κ2) is 17.8. The first-order valence-electron chi connectivity index (χ1n) is 21.2. The molecule has 0 unspecified atom stereocenters. The van der Waals surface area contributed by atoms with Crippen LogP contribution in [0, 0.1) is 62.6 Å². The number of hydrogen-bond donors (Lipinski definition) is 0. The van der Waals surface area contributed by atoms with Gasteiger partial charge < -0.3 is 13.6 Å². The molecule has 9 aromatic rings. The van der Waals surface area contributed by atoms with Gasteiger partial charge in [0.1, 0.15) is 5.58 Å². The normalized spacial score (nSPS) is 11.3. The molecule has 0 fully saturated rings. The van der Waals surface area contributed by atoms with Crippen molar-refractivity contribution in [1.82, 2.24) is 4.98 Å². The van der Waals surface area contributed by atoms with Crippen LogP contribution >= 0.6 is 0 Å². The summed E-state index contributed by atoms with van der Waals surface area (Å²) in [5.74, 6) is 0. The number of hydrogen-bond acceptors (Lipinski definition) is 2. The number of aromatic nitrogens is 3. The van der Waals surface area contributed by atoms with E-state index >= 15 is 0 Å². The van der Waals surface area contributed by atoms with Crippen LogP contribution in [0.2, 0.25) is 19.6 Å². The second-order valence-corrected chi connectivity index (χ2v) is 22.8. The fourth-order valence-corrected chi connectivity index (χ4v) is 10.5. The van der Waals surface area contributed by atoms with E-state index in [2.05, 4.69) is 196 Å². The van der Waals surface area contributed by atoms with Crippen LogP contribution in [0.1, 0.15) is 39.1 Å². The van der Waals surface area contributed by atoms with E-state index in [4.69, 9.17) is 4.42 Å². The zero-order valence-corrected chi connectivity index (χ0v) is 41.1. The molecule has 4 heterocycles. The van der Waals surface area contributed by atoms with Crippen LogP contribution in [0.3, 0.4) is 0 Å². The first-order chi connectivity index (χ1) is 29.6. The molecule has 0 spiro atoms. The van der Waals surface area contributed by atoms with Crippen molar-refractivity contribution in [2.75, 3.05) is 0 Å². The summed E-state index contributed by atoms with van der Waals surface area (Å²) < 4.78 is 10.3. The van der Waals surface area contributed by atoms with Crippen LogP contribution in [-0.2, 0) is 20.1 Å². The molecule has 0 atom stereocenters. The molecule has 1 radical (unpaired) electrons. The molecule has 0 aliphatic rings. The Bertz CT molecular complexity index is 3150. The fraction of sp³-hybridized carbons (Fsp3) is 0.140. The topological polar surface area (TPSA) is 33.8 Å². The SMILES string of the molecule is [CH2-]c1cc(-c2ccccc2)c(C)cc1-c1cc(C)c([Si](C)(C)C)c[n+]1[CH2-].[CH2-]c1cc2oc3cc(-c4cc(C)ncc4C)ccc3c2cc1-c1cc(C)c(-c2ccccc2)c[n+]1[CH2-].[Ir]. The smallest absolute Gasteiger partial charge is 0.134 e. The van der Waals surface area contributed by atoms with E-state index in [0.717, 1.165) is 72.4 Å². The molecule has 0 saturated heterocycles. The molecule has 4 aromatic heterocycles. The first kappa shape index (κ1) is 44.7. The molecule has 5 aromatic carbocycles. The molecule has 4 nitrogen and oxygen atoms in total.